The maximum Gasteiger partial charge on any atom is 0.417 e. The zero-order chi connectivity index (χ0) is 24.0. The summed E-state index contributed by atoms with van der Waals surface area (Å²) in [5, 5.41) is 11.7. The van der Waals surface area contributed by atoms with Crippen LogP contribution in [0, 0.1) is 17.6 Å². The molecule has 1 fully saturated rings. The van der Waals surface area contributed by atoms with E-state index in [4.69, 9.17) is 9.47 Å². The topological polar surface area (TPSA) is 85.6 Å². The molecule has 176 valence electrons. The van der Waals surface area contributed by atoms with Crippen molar-refractivity contribution in [2.45, 2.75) is 44.3 Å². The van der Waals surface area contributed by atoms with Gasteiger partial charge in [0, 0.05) is 24.4 Å². The number of aliphatic hydroxyl groups excluding tert-OH is 1. The minimum Gasteiger partial charge on any atom is -0.493 e. The molecule has 0 saturated carbocycles. The second-order valence-corrected chi connectivity index (χ2v) is 7.71. The fourth-order valence-corrected chi connectivity index (χ4v) is 3.95. The predicted molar refractivity (Wildman–Crippen MR) is 102 cm³/mol. The lowest BCUT2D eigenvalue weighted by atomic mass is 9.77. The molecule has 1 saturated heterocycles. The Labute approximate surface area is 180 Å². The van der Waals surface area contributed by atoms with Crippen LogP contribution in [0.1, 0.15) is 31.2 Å². The molecule has 7 nitrogen and oxygen atoms in total. The van der Waals surface area contributed by atoms with Crippen LogP contribution in [0.3, 0.4) is 0 Å². The molecule has 1 aromatic carbocycles. The molecule has 2 heterocycles. The van der Waals surface area contributed by atoms with Gasteiger partial charge in [0.05, 0.1) is 13.3 Å². The molecule has 1 aromatic heterocycles. The maximum absolute atomic E-state index is 14.3. The van der Waals surface area contributed by atoms with Crippen molar-refractivity contribution in [3.63, 3.8) is 0 Å². The number of nitrogens with one attached hydrogen (secondary N) is 1. The number of amides is 1. The van der Waals surface area contributed by atoms with E-state index < -0.39 is 59.6 Å². The fourth-order valence-electron chi connectivity index (χ4n) is 3.95. The highest BCUT2D eigenvalue weighted by atomic mass is 19.4. The summed E-state index contributed by atoms with van der Waals surface area (Å²) in [7, 11) is 2.54. The summed E-state index contributed by atoms with van der Waals surface area (Å²) in [6, 6.07) is 1.84. The first-order valence-electron chi connectivity index (χ1n) is 9.56. The summed E-state index contributed by atoms with van der Waals surface area (Å²) in [4.78, 5) is 16.9. The van der Waals surface area contributed by atoms with E-state index in [2.05, 4.69) is 10.3 Å². The first-order chi connectivity index (χ1) is 14.9. The summed E-state index contributed by atoms with van der Waals surface area (Å²) < 4.78 is 81.4. The van der Waals surface area contributed by atoms with Gasteiger partial charge in [-0.05, 0) is 13.0 Å². The number of imidazole rings is 1. The maximum atomic E-state index is 14.3. The van der Waals surface area contributed by atoms with E-state index in [1.807, 2.05) is 0 Å². The van der Waals surface area contributed by atoms with E-state index in [1.165, 1.54) is 24.7 Å². The Morgan fingerprint density at radius 3 is 2.56 bits per heavy atom. The van der Waals surface area contributed by atoms with Crippen LogP contribution in [-0.4, -0.2) is 45.6 Å². The normalized spacial score (nSPS) is 25.8. The van der Waals surface area contributed by atoms with Gasteiger partial charge in [-0.25, -0.2) is 9.37 Å². The minimum atomic E-state index is -4.86. The fraction of sp³-hybridized carbons (Fsp3) is 0.500. The molecule has 1 aliphatic rings. The summed E-state index contributed by atoms with van der Waals surface area (Å²) >= 11 is 0. The molecular weight excluding hydrogens is 441 g/mol. The number of ether oxygens (including phenoxy) is 2. The number of aromatic nitrogens is 2. The van der Waals surface area contributed by atoms with Crippen LogP contribution in [0.15, 0.2) is 18.3 Å². The average molecular weight is 463 g/mol. The smallest absolute Gasteiger partial charge is 0.417 e. The number of nitrogens with zero attached hydrogens (tertiary/aromatic N) is 2. The van der Waals surface area contributed by atoms with Crippen LogP contribution in [0.5, 0.6) is 5.75 Å². The molecule has 3 rings (SSSR count). The monoisotopic (exact) mass is 463 g/mol. The number of benzene rings is 1. The highest BCUT2D eigenvalue weighted by molar-refractivity contribution is 5.94. The standard InChI is InChI=1S/C20H22F5N3O4/c1-9-14(10-5-6-11(21)15(22)16(10)31-4)17(32-19(9,2)20(23,24)25)18(30)27-12-7-26-13(8-29)28(12)3/h5-7,9,14,17,29H,8H2,1-4H3,(H,27,30). The molecule has 4 unspecified atom stereocenters. The van der Waals surface area contributed by atoms with Gasteiger partial charge in [-0.2, -0.15) is 17.6 Å². The highest BCUT2D eigenvalue weighted by Crippen LogP contribution is 2.55. The third kappa shape index (κ3) is 3.71. The Morgan fingerprint density at radius 1 is 1.38 bits per heavy atom. The van der Waals surface area contributed by atoms with Gasteiger partial charge in [-0.1, -0.05) is 13.0 Å². The second kappa shape index (κ2) is 8.32. The van der Waals surface area contributed by atoms with E-state index in [-0.39, 0.29) is 17.2 Å². The van der Waals surface area contributed by atoms with Crippen LogP contribution in [0.4, 0.5) is 27.8 Å². The van der Waals surface area contributed by atoms with E-state index in [9.17, 15) is 31.9 Å². The number of hydrogen-bond acceptors (Lipinski definition) is 5. The number of carbonyl (C=O) groups is 1. The Bertz CT molecular complexity index is 1030. The van der Waals surface area contributed by atoms with Gasteiger partial charge >= 0.3 is 6.18 Å². The number of carbonyl (C=O) groups excluding carboxylic acids is 1. The van der Waals surface area contributed by atoms with Crippen LogP contribution in [0.2, 0.25) is 0 Å². The van der Waals surface area contributed by atoms with E-state index >= 15 is 0 Å². The molecule has 0 bridgehead atoms. The summed E-state index contributed by atoms with van der Waals surface area (Å²) in [6.07, 6.45) is -5.36. The molecule has 12 heteroatoms. The molecule has 1 amide bonds. The molecule has 2 N–H and O–H groups in total. The predicted octanol–water partition coefficient (Wildman–Crippen LogP) is 3.28. The van der Waals surface area contributed by atoms with Gasteiger partial charge in [0.15, 0.2) is 17.2 Å². The Kier molecular flexibility index (Phi) is 6.22. The molecule has 0 aliphatic carbocycles. The zero-order valence-electron chi connectivity index (χ0n) is 17.6. The summed E-state index contributed by atoms with van der Waals surface area (Å²) in [5.74, 6) is -6.55. The van der Waals surface area contributed by atoms with Crippen molar-refractivity contribution in [3.8, 4) is 5.75 Å². The molecule has 32 heavy (non-hydrogen) atoms. The lowest BCUT2D eigenvalue weighted by Gasteiger charge is -2.32. The van der Waals surface area contributed by atoms with Crippen LogP contribution in [0.25, 0.3) is 0 Å². The SMILES string of the molecule is COc1c(C2C(C(=O)Nc3cnc(CO)n3C)OC(C)(C(F)(F)F)C2C)ccc(F)c1F. The van der Waals surface area contributed by atoms with Crippen molar-refractivity contribution in [2.75, 3.05) is 12.4 Å². The number of halogens is 5. The number of alkyl halides is 3. The number of aliphatic hydroxyl groups is 1. The summed E-state index contributed by atoms with van der Waals surface area (Å²) in [5.41, 5.74) is -2.88. The number of rotatable bonds is 5. The van der Waals surface area contributed by atoms with Crippen LogP contribution < -0.4 is 10.1 Å². The van der Waals surface area contributed by atoms with Crippen molar-refractivity contribution >= 4 is 11.7 Å². The van der Waals surface area contributed by atoms with Crippen molar-refractivity contribution < 1.29 is 41.3 Å². The number of anilines is 1. The van der Waals surface area contributed by atoms with Crippen molar-refractivity contribution in [2.24, 2.45) is 13.0 Å². The third-order valence-corrected chi connectivity index (χ3v) is 6.05. The molecule has 0 spiro atoms. The van der Waals surface area contributed by atoms with E-state index in [0.717, 1.165) is 26.2 Å². The Hall–Kier alpha value is -2.73. The first kappa shape index (κ1) is 23.9. The Morgan fingerprint density at radius 2 is 2.03 bits per heavy atom. The zero-order valence-corrected chi connectivity index (χ0v) is 17.6. The molecule has 0 radical (unpaired) electrons. The quantitative estimate of drug-likeness (QED) is 0.665. The molecular formula is C20H22F5N3O4. The van der Waals surface area contributed by atoms with Crippen molar-refractivity contribution in [3.05, 3.63) is 41.4 Å². The van der Waals surface area contributed by atoms with E-state index in [1.54, 1.807) is 0 Å². The van der Waals surface area contributed by atoms with Gasteiger partial charge < -0.3 is 24.5 Å². The van der Waals surface area contributed by atoms with Crippen molar-refractivity contribution in [1.82, 2.24) is 9.55 Å². The van der Waals surface area contributed by atoms with Crippen LogP contribution in [-0.2, 0) is 23.2 Å². The average Bonchev–Trinajstić information content (AvgIpc) is 3.21. The van der Waals surface area contributed by atoms with Gasteiger partial charge in [-0.15, -0.1) is 0 Å². The van der Waals surface area contributed by atoms with E-state index in [0.29, 0.717) is 0 Å². The molecule has 1 aliphatic heterocycles. The first-order valence-corrected chi connectivity index (χ1v) is 9.56. The highest BCUT2D eigenvalue weighted by Gasteiger charge is 2.66. The minimum absolute atomic E-state index is 0.104. The third-order valence-electron chi connectivity index (χ3n) is 6.05. The second-order valence-electron chi connectivity index (χ2n) is 7.71. The van der Waals surface area contributed by atoms with Crippen molar-refractivity contribution in [1.29, 1.82) is 0 Å². The van der Waals surface area contributed by atoms with Crippen LogP contribution >= 0.6 is 0 Å². The molecule has 4 atom stereocenters. The van der Waals surface area contributed by atoms with Gasteiger partial charge in [0.2, 0.25) is 5.82 Å². The number of methoxy groups -OCH3 is 1. The van der Waals surface area contributed by atoms with Gasteiger partial charge in [-0.3, -0.25) is 4.79 Å². The Balaban J connectivity index is 2.08. The number of hydrogen-bond donors (Lipinski definition) is 2. The lowest BCUT2D eigenvalue weighted by molar-refractivity contribution is -0.272. The lowest BCUT2D eigenvalue weighted by Crippen LogP contribution is -2.47. The largest absolute Gasteiger partial charge is 0.493 e. The molecule has 2 aromatic rings. The van der Waals surface area contributed by atoms with Gasteiger partial charge in [0.1, 0.15) is 24.4 Å². The summed E-state index contributed by atoms with van der Waals surface area (Å²) in [6.45, 7) is 1.60. The van der Waals surface area contributed by atoms with Gasteiger partial charge in [0.25, 0.3) is 5.91 Å².